The first-order chi connectivity index (χ1) is 11.5. The van der Waals surface area contributed by atoms with Crippen LogP contribution >= 0.6 is 0 Å². The standard InChI is InChI=1S/C16H20F2N6/c1-10-21-15-6-4-13(9-24(15)23-10)22-16(19-2)20-8-11-7-12(17)3-5-14(11)18/h3,5,7,13H,4,6,8-9H2,1-2H3,(H2,19,20,22). The monoisotopic (exact) mass is 334 g/mol. The molecule has 0 saturated carbocycles. The number of guanidine groups is 1. The molecule has 0 saturated heterocycles. The van der Waals surface area contributed by atoms with Gasteiger partial charge in [-0.2, -0.15) is 5.10 Å². The fourth-order valence-electron chi connectivity index (χ4n) is 2.80. The first-order valence-electron chi connectivity index (χ1n) is 7.86. The SMILES string of the molecule is CN=C(NCc1cc(F)ccc1F)NC1CCc2nc(C)nn2C1. The highest BCUT2D eigenvalue weighted by Gasteiger charge is 2.21. The number of nitrogens with one attached hydrogen (secondary N) is 2. The van der Waals surface area contributed by atoms with Gasteiger partial charge in [-0.15, -0.1) is 0 Å². The topological polar surface area (TPSA) is 67.1 Å². The quantitative estimate of drug-likeness (QED) is 0.660. The van der Waals surface area contributed by atoms with Crippen LogP contribution in [0.2, 0.25) is 0 Å². The van der Waals surface area contributed by atoms with Gasteiger partial charge in [-0.1, -0.05) is 0 Å². The summed E-state index contributed by atoms with van der Waals surface area (Å²) in [7, 11) is 1.64. The molecule has 1 aliphatic rings. The number of hydrogen-bond donors (Lipinski definition) is 2. The number of fused-ring (bicyclic) bond motifs is 1. The van der Waals surface area contributed by atoms with Crippen LogP contribution in [-0.4, -0.2) is 33.8 Å². The van der Waals surface area contributed by atoms with Crippen molar-refractivity contribution in [2.24, 2.45) is 4.99 Å². The zero-order chi connectivity index (χ0) is 17.1. The van der Waals surface area contributed by atoms with E-state index in [0.717, 1.165) is 36.6 Å². The summed E-state index contributed by atoms with van der Waals surface area (Å²) in [6.45, 7) is 2.73. The first-order valence-corrected chi connectivity index (χ1v) is 7.86. The Hall–Kier alpha value is -2.51. The molecule has 3 rings (SSSR count). The van der Waals surface area contributed by atoms with E-state index in [0.29, 0.717) is 12.5 Å². The van der Waals surface area contributed by atoms with Gasteiger partial charge in [0.25, 0.3) is 0 Å². The van der Waals surface area contributed by atoms with Crippen LogP contribution in [0.15, 0.2) is 23.2 Å². The van der Waals surface area contributed by atoms with Gasteiger partial charge in [0.05, 0.1) is 6.54 Å². The summed E-state index contributed by atoms with van der Waals surface area (Å²) >= 11 is 0. The molecule has 24 heavy (non-hydrogen) atoms. The van der Waals surface area contributed by atoms with Crippen molar-refractivity contribution in [3.05, 3.63) is 47.0 Å². The molecule has 6 nitrogen and oxygen atoms in total. The molecule has 0 bridgehead atoms. The Morgan fingerprint density at radius 3 is 3.04 bits per heavy atom. The lowest BCUT2D eigenvalue weighted by molar-refractivity contribution is 0.392. The van der Waals surface area contributed by atoms with E-state index in [4.69, 9.17) is 0 Å². The fourth-order valence-corrected chi connectivity index (χ4v) is 2.80. The Bertz CT molecular complexity index is 755. The Morgan fingerprint density at radius 1 is 1.42 bits per heavy atom. The number of hydrogen-bond acceptors (Lipinski definition) is 3. The normalized spacial score (nSPS) is 17.5. The van der Waals surface area contributed by atoms with Crippen LogP contribution in [0.1, 0.15) is 23.6 Å². The number of nitrogens with zero attached hydrogens (tertiary/aromatic N) is 4. The van der Waals surface area contributed by atoms with Gasteiger partial charge < -0.3 is 10.6 Å². The second kappa shape index (κ2) is 6.94. The highest BCUT2D eigenvalue weighted by Crippen LogP contribution is 2.13. The molecular weight excluding hydrogens is 314 g/mol. The van der Waals surface area contributed by atoms with Crippen molar-refractivity contribution < 1.29 is 8.78 Å². The van der Waals surface area contributed by atoms with Gasteiger partial charge >= 0.3 is 0 Å². The van der Waals surface area contributed by atoms with Crippen LogP contribution in [0, 0.1) is 18.6 Å². The molecule has 0 aliphatic carbocycles. The molecule has 0 fully saturated rings. The molecule has 1 aliphatic heterocycles. The summed E-state index contributed by atoms with van der Waals surface area (Å²) in [5.74, 6) is 1.41. The lowest BCUT2D eigenvalue weighted by Gasteiger charge is -2.25. The van der Waals surface area contributed by atoms with Crippen molar-refractivity contribution >= 4 is 5.96 Å². The van der Waals surface area contributed by atoms with Crippen molar-refractivity contribution in [2.45, 2.75) is 38.9 Å². The van der Waals surface area contributed by atoms with E-state index in [9.17, 15) is 8.78 Å². The lowest BCUT2D eigenvalue weighted by atomic mass is 10.1. The van der Waals surface area contributed by atoms with Crippen molar-refractivity contribution in [2.75, 3.05) is 7.05 Å². The van der Waals surface area contributed by atoms with Gasteiger partial charge in [0.1, 0.15) is 23.3 Å². The van der Waals surface area contributed by atoms with Crippen molar-refractivity contribution in [3.8, 4) is 0 Å². The molecule has 2 heterocycles. The first kappa shape index (κ1) is 16.4. The van der Waals surface area contributed by atoms with Crippen LogP contribution in [0.4, 0.5) is 8.78 Å². The minimum Gasteiger partial charge on any atom is -0.352 e. The van der Waals surface area contributed by atoms with E-state index >= 15 is 0 Å². The highest BCUT2D eigenvalue weighted by molar-refractivity contribution is 5.79. The summed E-state index contributed by atoms with van der Waals surface area (Å²) in [6.07, 6.45) is 1.75. The van der Waals surface area contributed by atoms with E-state index in [1.807, 2.05) is 11.6 Å². The van der Waals surface area contributed by atoms with E-state index in [1.54, 1.807) is 7.05 Å². The molecule has 1 atom stereocenters. The number of aliphatic imine (C=N–C) groups is 1. The number of rotatable bonds is 3. The third kappa shape index (κ3) is 3.69. The third-order valence-electron chi connectivity index (χ3n) is 3.98. The Labute approximate surface area is 139 Å². The maximum Gasteiger partial charge on any atom is 0.191 e. The molecule has 1 aromatic carbocycles. The van der Waals surface area contributed by atoms with Crippen LogP contribution in [-0.2, 0) is 19.5 Å². The summed E-state index contributed by atoms with van der Waals surface area (Å²) in [4.78, 5) is 8.52. The van der Waals surface area contributed by atoms with Crippen molar-refractivity contribution in [3.63, 3.8) is 0 Å². The zero-order valence-electron chi connectivity index (χ0n) is 13.7. The van der Waals surface area contributed by atoms with Gasteiger partial charge in [0.2, 0.25) is 0 Å². The molecule has 0 spiro atoms. The molecule has 1 aromatic heterocycles. The van der Waals surface area contributed by atoms with Gasteiger partial charge in [-0.3, -0.25) is 4.99 Å². The number of benzene rings is 1. The van der Waals surface area contributed by atoms with Crippen LogP contribution in [0.3, 0.4) is 0 Å². The Morgan fingerprint density at radius 2 is 2.25 bits per heavy atom. The summed E-state index contributed by atoms with van der Waals surface area (Å²) in [6, 6.07) is 3.56. The third-order valence-corrected chi connectivity index (χ3v) is 3.98. The summed E-state index contributed by atoms with van der Waals surface area (Å²) < 4.78 is 28.8. The predicted octanol–water partition coefficient (Wildman–Crippen LogP) is 1.54. The van der Waals surface area contributed by atoms with Crippen LogP contribution in [0.5, 0.6) is 0 Å². The second-order valence-corrected chi connectivity index (χ2v) is 5.80. The number of aromatic nitrogens is 3. The van der Waals surface area contributed by atoms with Crippen molar-refractivity contribution in [1.29, 1.82) is 0 Å². The van der Waals surface area contributed by atoms with E-state index in [2.05, 4.69) is 25.7 Å². The van der Waals surface area contributed by atoms with Gasteiger partial charge in [-0.25, -0.2) is 18.4 Å². The maximum absolute atomic E-state index is 13.7. The highest BCUT2D eigenvalue weighted by atomic mass is 19.1. The molecule has 128 valence electrons. The molecular formula is C16H20F2N6. The van der Waals surface area contributed by atoms with Gasteiger partial charge in [0, 0.05) is 31.6 Å². The Balaban J connectivity index is 1.59. The molecule has 8 heteroatoms. The smallest absolute Gasteiger partial charge is 0.191 e. The number of aryl methyl sites for hydroxylation is 2. The average Bonchev–Trinajstić information content (AvgIpc) is 2.93. The van der Waals surface area contributed by atoms with Crippen LogP contribution in [0.25, 0.3) is 0 Å². The van der Waals surface area contributed by atoms with Gasteiger partial charge in [0.15, 0.2) is 5.96 Å². The molecule has 2 aromatic rings. The summed E-state index contributed by atoms with van der Waals surface area (Å²) in [5.41, 5.74) is 0.260. The minimum absolute atomic E-state index is 0.155. The second-order valence-electron chi connectivity index (χ2n) is 5.80. The van der Waals surface area contributed by atoms with E-state index < -0.39 is 11.6 Å². The fraction of sp³-hybridized carbons (Fsp3) is 0.438. The predicted molar refractivity (Wildman–Crippen MR) is 86.6 cm³/mol. The minimum atomic E-state index is -0.461. The average molecular weight is 334 g/mol. The summed E-state index contributed by atoms with van der Waals surface area (Å²) in [5, 5.41) is 10.7. The molecule has 0 amide bonds. The van der Waals surface area contributed by atoms with Crippen LogP contribution < -0.4 is 10.6 Å². The van der Waals surface area contributed by atoms with E-state index in [-0.39, 0.29) is 18.2 Å². The zero-order valence-corrected chi connectivity index (χ0v) is 13.7. The van der Waals surface area contributed by atoms with Gasteiger partial charge in [-0.05, 0) is 31.5 Å². The van der Waals surface area contributed by atoms with E-state index in [1.165, 1.54) is 6.07 Å². The largest absolute Gasteiger partial charge is 0.352 e. The Kier molecular flexibility index (Phi) is 4.73. The number of halogens is 2. The maximum atomic E-state index is 13.7. The lowest BCUT2D eigenvalue weighted by Crippen LogP contribution is -2.46. The van der Waals surface area contributed by atoms with Crippen molar-refractivity contribution in [1.82, 2.24) is 25.4 Å². The molecule has 1 unspecified atom stereocenters. The molecule has 0 radical (unpaired) electrons. The molecule has 2 N–H and O–H groups in total.